The number of fused-ring (bicyclic) bond motifs is 1. The van der Waals surface area contributed by atoms with Gasteiger partial charge in [0.25, 0.3) is 0 Å². The number of benzene rings is 1. The topological polar surface area (TPSA) is 63.8 Å². The zero-order chi connectivity index (χ0) is 13.8. The monoisotopic (exact) mass is 284 g/mol. The standard InChI is InChI=1S/C15H16N4S/c16-19-13(3-1-11-5-8-20-10-11)12-2-4-14-15(9-12)18-7-6-17-14/h2,4-10,13,19H,1,3,16H2. The maximum atomic E-state index is 5.70. The van der Waals surface area contributed by atoms with Gasteiger partial charge < -0.3 is 0 Å². The normalized spacial score (nSPS) is 12.7. The molecular weight excluding hydrogens is 268 g/mol. The fourth-order valence-electron chi connectivity index (χ4n) is 2.29. The second-order valence-corrected chi connectivity index (χ2v) is 5.47. The van der Waals surface area contributed by atoms with Crippen molar-refractivity contribution in [2.24, 2.45) is 5.84 Å². The second-order valence-electron chi connectivity index (χ2n) is 4.69. The third-order valence-electron chi connectivity index (χ3n) is 3.40. The van der Waals surface area contributed by atoms with Gasteiger partial charge in [-0.25, -0.2) is 0 Å². The summed E-state index contributed by atoms with van der Waals surface area (Å²) >= 11 is 1.73. The molecule has 0 saturated carbocycles. The van der Waals surface area contributed by atoms with E-state index in [1.54, 1.807) is 23.7 Å². The van der Waals surface area contributed by atoms with Crippen LogP contribution in [0, 0.1) is 0 Å². The number of hydrazine groups is 1. The quantitative estimate of drug-likeness (QED) is 0.558. The lowest BCUT2D eigenvalue weighted by Gasteiger charge is -2.16. The first-order valence-corrected chi connectivity index (χ1v) is 7.49. The number of thiophene rings is 1. The molecule has 20 heavy (non-hydrogen) atoms. The van der Waals surface area contributed by atoms with Gasteiger partial charge in [0, 0.05) is 18.4 Å². The number of rotatable bonds is 5. The highest BCUT2D eigenvalue weighted by Crippen LogP contribution is 2.22. The molecule has 5 heteroatoms. The molecule has 2 heterocycles. The number of aryl methyl sites for hydroxylation is 1. The van der Waals surface area contributed by atoms with Gasteiger partial charge in [0.15, 0.2) is 0 Å². The Bertz CT molecular complexity index is 681. The second kappa shape index (κ2) is 6.09. The van der Waals surface area contributed by atoms with Gasteiger partial charge in [0.1, 0.15) is 0 Å². The number of nitrogens with two attached hydrogens (primary N) is 1. The Morgan fingerprint density at radius 3 is 2.75 bits per heavy atom. The molecule has 0 aliphatic heterocycles. The molecule has 4 nitrogen and oxygen atoms in total. The van der Waals surface area contributed by atoms with Crippen molar-refractivity contribution in [1.29, 1.82) is 0 Å². The van der Waals surface area contributed by atoms with Crippen LogP contribution in [-0.2, 0) is 6.42 Å². The van der Waals surface area contributed by atoms with Crippen LogP contribution in [0.5, 0.6) is 0 Å². The van der Waals surface area contributed by atoms with E-state index in [4.69, 9.17) is 5.84 Å². The lowest BCUT2D eigenvalue weighted by Crippen LogP contribution is -2.28. The lowest BCUT2D eigenvalue weighted by molar-refractivity contribution is 0.517. The fraction of sp³-hybridized carbons (Fsp3) is 0.200. The van der Waals surface area contributed by atoms with E-state index >= 15 is 0 Å². The van der Waals surface area contributed by atoms with E-state index in [1.807, 2.05) is 6.07 Å². The molecule has 1 unspecified atom stereocenters. The largest absolute Gasteiger partial charge is 0.271 e. The van der Waals surface area contributed by atoms with Gasteiger partial charge in [-0.05, 0) is 52.9 Å². The summed E-state index contributed by atoms with van der Waals surface area (Å²) in [5, 5.41) is 4.28. The van der Waals surface area contributed by atoms with Crippen LogP contribution in [0.3, 0.4) is 0 Å². The molecule has 0 aliphatic rings. The predicted octanol–water partition coefficient (Wildman–Crippen LogP) is 2.83. The number of nitrogens with zero attached hydrogens (tertiary/aromatic N) is 2. The van der Waals surface area contributed by atoms with Crippen LogP contribution in [-0.4, -0.2) is 9.97 Å². The zero-order valence-electron chi connectivity index (χ0n) is 11.0. The van der Waals surface area contributed by atoms with Crippen LogP contribution in [0.15, 0.2) is 47.4 Å². The summed E-state index contributed by atoms with van der Waals surface area (Å²) in [4.78, 5) is 8.62. The number of nitrogens with one attached hydrogen (secondary N) is 1. The summed E-state index contributed by atoms with van der Waals surface area (Å²) in [5.74, 6) is 5.70. The summed E-state index contributed by atoms with van der Waals surface area (Å²) in [5.41, 5.74) is 7.22. The molecular formula is C15H16N4S. The maximum absolute atomic E-state index is 5.70. The molecule has 0 saturated heterocycles. The molecule has 0 radical (unpaired) electrons. The zero-order valence-corrected chi connectivity index (χ0v) is 11.8. The van der Waals surface area contributed by atoms with Crippen LogP contribution in [0.2, 0.25) is 0 Å². The Kier molecular flexibility index (Phi) is 4.01. The molecule has 3 rings (SSSR count). The molecule has 3 aromatic rings. The lowest BCUT2D eigenvalue weighted by atomic mass is 10.00. The van der Waals surface area contributed by atoms with Crippen molar-refractivity contribution in [3.63, 3.8) is 0 Å². The van der Waals surface area contributed by atoms with E-state index < -0.39 is 0 Å². The van der Waals surface area contributed by atoms with Gasteiger partial charge in [0.2, 0.25) is 0 Å². The van der Waals surface area contributed by atoms with Crippen LogP contribution in [0.25, 0.3) is 11.0 Å². The van der Waals surface area contributed by atoms with Crippen molar-refractivity contribution < 1.29 is 0 Å². The van der Waals surface area contributed by atoms with E-state index in [0.29, 0.717) is 0 Å². The SMILES string of the molecule is NNC(CCc1ccsc1)c1ccc2nccnc2c1. The number of aromatic nitrogens is 2. The fourth-order valence-corrected chi connectivity index (χ4v) is 2.99. The van der Waals surface area contributed by atoms with Crippen LogP contribution in [0.1, 0.15) is 23.6 Å². The van der Waals surface area contributed by atoms with E-state index in [-0.39, 0.29) is 6.04 Å². The van der Waals surface area contributed by atoms with Gasteiger partial charge in [-0.3, -0.25) is 21.2 Å². The molecule has 0 amide bonds. The van der Waals surface area contributed by atoms with Crippen molar-refractivity contribution in [2.45, 2.75) is 18.9 Å². The van der Waals surface area contributed by atoms with Crippen molar-refractivity contribution in [1.82, 2.24) is 15.4 Å². The molecule has 2 aromatic heterocycles. The number of hydrogen-bond acceptors (Lipinski definition) is 5. The van der Waals surface area contributed by atoms with E-state index in [0.717, 1.165) is 29.4 Å². The molecule has 3 N–H and O–H groups in total. The Morgan fingerprint density at radius 2 is 2.00 bits per heavy atom. The van der Waals surface area contributed by atoms with Crippen molar-refractivity contribution in [3.8, 4) is 0 Å². The van der Waals surface area contributed by atoms with Crippen LogP contribution in [0.4, 0.5) is 0 Å². The highest BCUT2D eigenvalue weighted by atomic mass is 32.1. The third-order valence-corrected chi connectivity index (χ3v) is 4.13. The minimum atomic E-state index is 0.126. The predicted molar refractivity (Wildman–Crippen MR) is 82.2 cm³/mol. The summed E-state index contributed by atoms with van der Waals surface area (Å²) < 4.78 is 0. The average Bonchev–Trinajstić information content (AvgIpc) is 3.01. The molecule has 1 aromatic carbocycles. The van der Waals surface area contributed by atoms with Gasteiger partial charge in [-0.1, -0.05) is 6.07 Å². The molecule has 102 valence electrons. The first kappa shape index (κ1) is 13.2. The van der Waals surface area contributed by atoms with Gasteiger partial charge in [-0.15, -0.1) is 0 Å². The van der Waals surface area contributed by atoms with Crippen molar-refractivity contribution in [3.05, 3.63) is 58.5 Å². The third kappa shape index (κ3) is 2.85. The Labute approximate surface area is 121 Å². The molecule has 1 atom stereocenters. The Balaban J connectivity index is 1.79. The van der Waals surface area contributed by atoms with Gasteiger partial charge >= 0.3 is 0 Å². The summed E-state index contributed by atoms with van der Waals surface area (Å²) in [7, 11) is 0. The average molecular weight is 284 g/mol. The highest BCUT2D eigenvalue weighted by Gasteiger charge is 2.11. The first-order chi connectivity index (χ1) is 9.86. The molecule has 0 fully saturated rings. The van der Waals surface area contributed by atoms with Gasteiger partial charge in [0.05, 0.1) is 11.0 Å². The van der Waals surface area contributed by atoms with E-state index in [2.05, 4.69) is 44.4 Å². The van der Waals surface area contributed by atoms with Crippen molar-refractivity contribution >= 4 is 22.4 Å². The summed E-state index contributed by atoms with van der Waals surface area (Å²) in [6.07, 6.45) is 5.38. The van der Waals surface area contributed by atoms with Gasteiger partial charge in [-0.2, -0.15) is 11.3 Å². The molecule has 0 spiro atoms. The van der Waals surface area contributed by atoms with E-state index in [9.17, 15) is 0 Å². The van der Waals surface area contributed by atoms with Crippen LogP contribution >= 0.6 is 11.3 Å². The minimum absolute atomic E-state index is 0.126. The first-order valence-electron chi connectivity index (χ1n) is 6.54. The van der Waals surface area contributed by atoms with Crippen LogP contribution < -0.4 is 11.3 Å². The Morgan fingerprint density at radius 1 is 1.15 bits per heavy atom. The summed E-state index contributed by atoms with van der Waals surface area (Å²) in [6, 6.07) is 8.40. The van der Waals surface area contributed by atoms with E-state index in [1.165, 1.54) is 5.56 Å². The Hall–Kier alpha value is -1.82. The molecule has 0 bridgehead atoms. The minimum Gasteiger partial charge on any atom is -0.271 e. The van der Waals surface area contributed by atoms with Crippen molar-refractivity contribution in [2.75, 3.05) is 0 Å². The molecule has 0 aliphatic carbocycles. The summed E-state index contributed by atoms with van der Waals surface area (Å²) in [6.45, 7) is 0. The maximum Gasteiger partial charge on any atom is 0.0890 e. The number of hydrogen-bond donors (Lipinski definition) is 2. The smallest absolute Gasteiger partial charge is 0.0890 e. The highest BCUT2D eigenvalue weighted by molar-refractivity contribution is 7.07.